The lowest BCUT2D eigenvalue weighted by atomic mass is 9.81. The average Bonchev–Trinajstić information content (AvgIpc) is 2.56. The molecule has 2 heterocycles. The molecule has 1 aromatic rings. The fourth-order valence-electron chi connectivity index (χ4n) is 4.43. The number of rotatable bonds is 1. The number of hydrogen-bond donors (Lipinski definition) is 1. The molecule has 0 unspecified atom stereocenters. The summed E-state index contributed by atoms with van der Waals surface area (Å²) in [4.78, 5) is 14.6. The Balaban J connectivity index is 1.53. The van der Waals surface area contributed by atoms with Gasteiger partial charge in [0.1, 0.15) is 5.60 Å². The fourth-order valence-corrected chi connectivity index (χ4v) is 4.43. The second-order valence-electron chi connectivity index (χ2n) is 6.88. The van der Waals surface area contributed by atoms with Crippen LogP contribution < -0.4 is 5.32 Å². The van der Waals surface area contributed by atoms with E-state index < -0.39 is 5.60 Å². The quantitative estimate of drug-likeness (QED) is 0.856. The van der Waals surface area contributed by atoms with Crippen molar-refractivity contribution in [3.8, 4) is 0 Å². The fraction of sp³-hybridized carbons (Fsp3) is 0.611. The van der Waals surface area contributed by atoms with Crippen LogP contribution in [0.1, 0.15) is 50.5 Å². The zero-order valence-corrected chi connectivity index (χ0v) is 13.0. The van der Waals surface area contributed by atoms with Gasteiger partial charge in [0.2, 0.25) is 0 Å². The summed E-state index contributed by atoms with van der Waals surface area (Å²) < 4.78 is 5.80. The molecule has 2 fully saturated rings. The van der Waals surface area contributed by atoms with E-state index in [0.717, 1.165) is 43.2 Å². The zero-order valence-electron chi connectivity index (χ0n) is 13.0. The predicted molar refractivity (Wildman–Crippen MR) is 85.9 cm³/mol. The maximum atomic E-state index is 11.9. The van der Waals surface area contributed by atoms with E-state index in [1.165, 1.54) is 32.1 Å². The lowest BCUT2D eigenvalue weighted by Gasteiger charge is -2.46. The van der Waals surface area contributed by atoms with E-state index in [1.807, 2.05) is 18.2 Å². The molecule has 3 aliphatic rings. The Hall–Kier alpha value is -1.55. The lowest BCUT2D eigenvalue weighted by molar-refractivity contribution is -0.0485. The summed E-state index contributed by atoms with van der Waals surface area (Å²) in [6.45, 7) is 2.07. The second kappa shape index (κ2) is 5.58. The number of para-hydroxylation sites is 1. The highest BCUT2D eigenvalue weighted by Gasteiger charge is 2.45. The molecule has 1 amide bonds. The third-order valence-corrected chi connectivity index (χ3v) is 5.64. The highest BCUT2D eigenvalue weighted by atomic mass is 16.6. The molecule has 22 heavy (non-hydrogen) atoms. The largest absolute Gasteiger partial charge is 0.438 e. The lowest BCUT2D eigenvalue weighted by Crippen LogP contribution is -2.51. The van der Waals surface area contributed by atoms with E-state index in [2.05, 4.69) is 16.3 Å². The number of piperidine rings is 1. The van der Waals surface area contributed by atoms with Crippen molar-refractivity contribution in [3.63, 3.8) is 0 Å². The van der Waals surface area contributed by atoms with E-state index in [-0.39, 0.29) is 6.09 Å². The van der Waals surface area contributed by atoms with Crippen LogP contribution in [0.25, 0.3) is 0 Å². The first-order valence-electron chi connectivity index (χ1n) is 8.60. The SMILES string of the molecule is O=C1Nc2ccccc2C2(CCN(C3CCCCC3)CC2)O1. The number of carbonyl (C=O) groups is 1. The second-order valence-corrected chi connectivity index (χ2v) is 6.88. The number of nitrogens with zero attached hydrogens (tertiary/aromatic N) is 1. The van der Waals surface area contributed by atoms with E-state index in [4.69, 9.17) is 4.74 Å². The first-order valence-corrected chi connectivity index (χ1v) is 8.60. The Morgan fingerprint density at radius 3 is 2.59 bits per heavy atom. The molecule has 1 spiro atoms. The van der Waals surface area contributed by atoms with Gasteiger partial charge in [-0.3, -0.25) is 5.32 Å². The summed E-state index contributed by atoms with van der Waals surface area (Å²) in [5.41, 5.74) is 1.66. The molecular formula is C18H24N2O2. The number of fused-ring (bicyclic) bond motifs is 2. The van der Waals surface area contributed by atoms with E-state index in [0.29, 0.717) is 0 Å². The minimum Gasteiger partial charge on any atom is -0.438 e. The summed E-state index contributed by atoms with van der Waals surface area (Å²) in [5.74, 6) is 0. The van der Waals surface area contributed by atoms with Crippen LogP contribution in [0.4, 0.5) is 10.5 Å². The molecule has 2 aliphatic heterocycles. The van der Waals surface area contributed by atoms with E-state index >= 15 is 0 Å². The monoisotopic (exact) mass is 300 g/mol. The van der Waals surface area contributed by atoms with Crippen LogP contribution >= 0.6 is 0 Å². The summed E-state index contributed by atoms with van der Waals surface area (Å²) in [7, 11) is 0. The van der Waals surface area contributed by atoms with Crippen molar-refractivity contribution in [2.24, 2.45) is 0 Å². The third-order valence-electron chi connectivity index (χ3n) is 5.64. The highest BCUT2D eigenvalue weighted by Crippen LogP contribution is 2.44. The summed E-state index contributed by atoms with van der Waals surface area (Å²) in [6, 6.07) is 8.83. The molecule has 0 radical (unpaired) electrons. The van der Waals surface area contributed by atoms with Crippen molar-refractivity contribution in [2.75, 3.05) is 18.4 Å². The summed E-state index contributed by atoms with van der Waals surface area (Å²) >= 11 is 0. The first kappa shape index (κ1) is 14.1. The van der Waals surface area contributed by atoms with Crippen molar-refractivity contribution < 1.29 is 9.53 Å². The van der Waals surface area contributed by atoms with Gasteiger partial charge in [0.25, 0.3) is 0 Å². The number of anilines is 1. The molecule has 0 aromatic heterocycles. The summed E-state index contributed by atoms with van der Waals surface area (Å²) in [5, 5.41) is 2.83. The third kappa shape index (κ3) is 2.39. The molecule has 0 atom stereocenters. The molecule has 1 aliphatic carbocycles. The van der Waals surface area contributed by atoms with E-state index in [1.54, 1.807) is 0 Å². The normalized spacial score (nSPS) is 25.4. The minimum absolute atomic E-state index is 0.301. The number of benzene rings is 1. The predicted octanol–water partition coefficient (Wildman–Crippen LogP) is 3.87. The van der Waals surface area contributed by atoms with Crippen LogP contribution in [-0.2, 0) is 10.3 Å². The molecule has 4 nitrogen and oxygen atoms in total. The Labute approximate surface area is 131 Å². The van der Waals surface area contributed by atoms with Gasteiger partial charge in [0.15, 0.2) is 0 Å². The van der Waals surface area contributed by atoms with Crippen molar-refractivity contribution in [2.45, 2.75) is 56.6 Å². The van der Waals surface area contributed by atoms with Crippen LogP contribution in [0.2, 0.25) is 0 Å². The zero-order chi connectivity index (χ0) is 15.0. The van der Waals surface area contributed by atoms with E-state index in [9.17, 15) is 4.79 Å². The molecule has 0 bridgehead atoms. The van der Waals surface area contributed by atoms with Gasteiger partial charge in [-0.2, -0.15) is 0 Å². The molecular weight excluding hydrogens is 276 g/mol. The molecule has 1 aromatic carbocycles. The van der Waals surface area contributed by atoms with Gasteiger partial charge >= 0.3 is 6.09 Å². The number of likely N-dealkylation sites (tertiary alicyclic amines) is 1. The van der Waals surface area contributed by atoms with Crippen LogP contribution in [0.15, 0.2) is 24.3 Å². The number of carbonyl (C=O) groups excluding carboxylic acids is 1. The number of nitrogens with one attached hydrogen (secondary N) is 1. The Kier molecular flexibility index (Phi) is 3.57. The average molecular weight is 300 g/mol. The number of ether oxygens (including phenoxy) is 1. The number of hydrogen-bond acceptors (Lipinski definition) is 3. The van der Waals surface area contributed by atoms with Crippen LogP contribution in [0.3, 0.4) is 0 Å². The van der Waals surface area contributed by atoms with Crippen LogP contribution in [0.5, 0.6) is 0 Å². The van der Waals surface area contributed by atoms with Gasteiger partial charge in [-0.1, -0.05) is 37.5 Å². The van der Waals surface area contributed by atoms with Gasteiger partial charge in [-0.05, 0) is 18.9 Å². The van der Waals surface area contributed by atoms with Crippen molar-refractivity contribution in [1.29, 1.82) is 0 Å². The summed E-state index contributed by atoms with van der Waals surface area (Å²) in [6.07, 6.45) is 8.33. The smallest absolute Gasteiger partial charge is 0.412 e. The Morgan fingerprint density at radius 1 is 1.09 bits per heavy atom. The minimum atomic E-state index is -0.413. The highest BCUT2D eigenvalue weighted by molar-refractivity contribution is 5.88. The number of amides is 1. The Morgan fingerprint density at radius 2 is 1.82 bits per heavy atom. The van der Waals surface area contributed by atoms with Gasteiger partial charge in [-0.25, -0.2) is 4.79 Å². The van der Waals surface area contributed by atoms with Crippen molar-refractivity contribution in [3.05, 3.63) is 29.8 Å². The van der Waals surface area contributed by atoms with Gasteiger partial charge in [0.05, 0.1) is 5.69 Å². The molecule has 4 rings (SSSR count). The first-order chi connectivity index (χ1) is 10.8. The van der Waals surface area contributed by atoms with Crippen molar-refractivity contribution in [1.82, 2.24) is 4.90 Å². The molecule has 118 valence electrons. The molecule has 4 heteroatoms. The maximum Gasteiger partial charge on any atom is 0.412 e. The molecule has 1 N–H and O–H groups in total. The molecule has 1 saturated carbocycles. The van der Waals surface area contributed by atoms with Crippen LogP contribution in [0, 0.1) is 0 Å². The van der Waals surface area contributed by atoms with Crippen LogP contribution in [-0.4, -0.2) is 30.1 Å². The van der Waals surface area contributed by atoms with Gasteiger partial charge < -0.3 is 9.64 Å². The maximum absolute atomic E-state index is 11.9. The Bertz CT molecular complexity index is 558. The van der Waals surface area contributed by atoms with Gasteiger partial charge in [0, 0.05) is 37.5 Å². The topological polar surface area (TPSA) is 41.6 Å². The van der Waals surface area contributed by atoms with Gasteiger partial charge in [-0.15, -0.1) is 0 Å². The standard InChI is InChI=1S/C18H24N2O2/c21-17-19-16-9-5-4-8-15(16)18(22-17)10-12-20(13-11-18)14-6-2-1-3-7-14/h4-5,8-9,14H,1-3,6-7,10-13H2,(H,19,21). The van der Waals surface area contributed by atoms with Crippen molar-refractivity contribution >= 4 is 11.8 Å². The molecule has 1 saturated heterocycles.